The van der Waals surface area contributed by atoms with Crippen molar-refractivity contribution in [2.45, 2.75) is 0 Å². The molecule has 0 radical (unpaired) electrons. The summed E-state index contributed by atoms with van der Waals surface area (Å²) in [5, 5.41) is 20.1. The number of furan rings is 1. The van der Waals surface area contributed by atoms with E-state index in [9.17, 15) is 0 Å². The average Bonchev–Trinajstić information content (AvgIpc) is 3.56. The standard InChI is InChI=1S/C48H26O/c1-2-10-34-27(5-1)15-24-41-46-39(35-20-16-32-13-11-28-6-3-8-30-18-22-37(35)44(32)42(28)30)25-26-40(48(46)49-47(34)41)36-21-17-33-14-12-29-7-4-9-31-19-23-38(36)45(33)43(29)31/h1-26H. The number of hydrogen-bond donors (Lipinski definition) is 0. The van der Waals surface area contributed by atoms with Crippen molar-refractivity contribution in [2.24, 2.45) is 0 Å². The van der Waals surface area contributed by atoms with Crippen LogP contribution in [-0.2, 0) is 0 Å². The number of hydrogen-bond acceptors (Lipinski definition) is 1. The van der Waals surface area contributed by atoms with Gasteiger partial charge >= 0.3 is 0 Å². The van der Waals surface area contributed by atoms with Crippen LogP contribution in [0, 0.1) is 0 Å². The van der Waals surface area contributed by atoms with Gasteiger partial charge < -0.3 is 4.42 Å². The van der Waals surface area contributed by atoms with E-state index < -0.39 is 0 Å². The second-order valence-corrected chi connectivity index (χ2v) is 13.6. The Bertz CT molecular complexity index is 3290. The molecule has 0 saturated carbocycles. The van der Waals surface area contributed by atoms with Crippen LogP contribution in [-0.4, -0.2) is 0 Å². The normalized spacial score (nSPS) is 12.5. The SMILES string of the molecule is c1ccc2c(c1)ccc1c2oc2c(-c3ccc4ccc5cccc6ccc3c4c56)ccc(-c3ccc4ccc5cccc6ccc3c4c56)c21. The smallest absolute Gasteiger partial charge is 0.143 e. The lowest BCUT2D eigenvalue weighted by atomic mass is 9.86. The summed E-state index contributed by atoms with van der Waals surface area (Å²) < 4.78 is 7.13. The molecule has 1 aromatic heterocycles. The van der Waals surface area contributed by atoms with Crippen LogP contribution in [0.15, 0.2) is 162 Å². The average molecular weight is 619 g/mol. The molecule has 0 atom stereocenters. The molecule has 0 spiro atoms. The van der Waals surface area contributed by atoms with Gasteiger partial charge in [0.25, 0.3) is 0 Å². The Balaban J connectivity index is 1.23. The molecule has 1 heteroatoms. The molecule has 0 saturated heterocycles. The highest BCUT2D eigenvalue weighted by Gasteiger charge is 2.22. The Labute approximate surface area is 280 Å². The monoisotopic (exact) mass is 618 g/mol. The summed E-state index contributed by atoms with van der Waals surface area (Å²) in [7, 11) is 0. The van der Waals surface area contributed by atoms with Gasteiger partial charge in [0.2, 0.25) is 0 Å². The minimum Gasteiger partial charge on any atom is -0.455 e. The van der Waals surface area contributed by atoms with Gasteiger partial charge in [0, 0.05) is 21.7 Å². The van der Waals surface area contributed by atoms with Crippen molar-refractivity contribution in [1.29, 1.82) is 0 Å². The van der Waals surface area contributed by atoms with Gasteiger partial charge in [-0.3, -0.25) is 0 Å². The molecule has 49 heavy (non-hydrogen) atoms. The Kier molecular flexibility index (Phi) is 4.77. The van der Waals surface area contributed by atoms with Gasteiger partial charge in [-0.15, -0.1) is 0 Å². The van der Waals surface area contributed by atoms with E-state index in [0.717, 1.165) is 27.5 Å². The van der Waals surface area contributed by atoms with Crippen LogP contribution in [0.1, 0.15) is 0 Å². The first-order chi connectivity index (χ1) is 24.3. The van der Waals surface area contributed by atoms with E-state index >= 15 is 0 Å². The van der Waals surface area contributed by atoms with Crippen molar-refractivity contribution in [3.63, 3.8) is 0 Å². The van der Waals surface area contributed by atoms with Crippen molar-refractivity contribution in [3.05, 3.63) is 158 Å². The van der Waals surface area contributed by atoms with Crippen molar-refractivity contribution in [2.75, 3.05) is 0 Å². The molecule has 0 bridgehead atoms. The second-order valence-electron chi connectivity index (χ2n) is 13.6. The molecule has 11 aromatic carbocycles. The van der Waals surface area contributed by atoms with E-state index in [1.807, 2.05) is 0 Å². The summed E-state index contributed by atoms with van der Waals surface area (Å²) in [5.41, 5.74) is 6.62. The summed E-state index contributed by atoms with van der Waals surface area (Å²) in [6, 6.07) is 58.3. The molecule has 0 aliphatic carbocycles. The van der Waals surface area contributed by atoms with Crippen LogP contribution >= 0.6 is 0 Å². The minimum atomic E-state index is 0.935. The minimum absolute atomic E-state index is 0.935. The van der Waals surface area contributed by atoms with Gasteiger partial charge in [-0.2, -0.15) is 0 Å². The zero-order valence-electron chi connectivity index (χ0n) is 26.4. The van der Waals surface area contributed by atoms with Crippen LogP contribution in [0.5, 0.6) is 0 Å². The first kappa shape index (κ1) is 25.6. The lowest BCUT2D eigenvalue weighted by Crippen LogP contribution is -1.90. The summed E-state index contributed by atoms with van der Waals surface area (Å²) in [6.45, 7) is 0. The molecule has 12 rings (SSSR count). The highest BCUT2D eigenvalue weighted by molar-refractivity contribution is 6.30. The fraction of sp³-hybridized carbons (Fsp3) is 0. The molecule has 0 unspecified atom stereocenters. The highest BCUT2D eigenvalue weighted by Crippen LogP contribution is 2.48. The zero-order valence-corrected chi connectivity index (χ0v) is 26.4. The summed E-state index contributed by atoms with van der Waals surface area (Å²) in [4.78, 5) is 0. The number of rotatable bonds is 2. The predicted octanol–water partition coefficient (Wildman–Crippen LogP) is 13.9. The third-order valence-electron chi connectivity index (χ3n) is 11.1. The van der Waals surface area contributed by atoms with Crippen molar-refractivity contribution in [3.8, 4) is 22.3 Å². The maximum atomic E-state index is 7.13. The Morgan fingerprint density at radius 3 is 1.29 bits per heavy atom. The highest BCUT2D eigenvalue weighted by atomic mass is 16.3. The number of fused-ring (bicyclic) bond motifs is 5. The number of benzene rings is 11. The molecule has 0 aliphatic heterocycles. The molecule has 224 valence electrons. The van der Waals surface area contributed by atoms with Gasteiger partial charge in [0.05, 0.1) is 0 Å². The molecular weight excluding hydrogens is 593 g/mol. The van der Waals surface area contributed by atoms with Crippen molar-refractivity contribution < 1.29 is 4.42 Å². The molecule has 0 amide bonds. The molecule has 0 N–H and O–H groups in total. The first-order valence-corrected chi connectivity index (χ1v) is 17.0. The molecule has 12 aromatic rings. The van der Waals surface area contributed by atoms with Gasteiger partial charge in [-0.1, -0.05) is 146 Å². The lowest BCUT2D eigenvalue weighted by Gasteiger charge is -2.16. The van der Waals surface area contributed by atoms with E-state index in [1.165, 1.54) is 92.1 Å². The fourth-order valence-corrected chi connectivity index (χ4v) is 8.98. The largest absolute Gasteiger partial charge is 0.455 e. The summed E-state index contributed by atoms with van der Waals surface area (Å²) in [5.74, 6) is 0. The first-order valence-electron chi connectivity index (χ1n) is 17.0. The van der Waals surface area contributed by atoms with E-state index in [-0.39, 0.29) is 0 Å². The second kappa shape index (κ2) is 9.13. The molecule has 0 fully saturated rings. The zero-order chi connectivity index (χ0) is 31.8. The summed E-state index contributed by atoms with van der Waals surface area (Å²) >= 11 is 0. The van der Waals surface area contributed by atoms with Gasteiger partial charge in [-0.25, -0.2) is 0 Å². The topological polar surface area (TPSA) is 13.1 Å². The van der Waals surface area contributed by atoms with Crippen LogP contribution in [0.2, 0.25) is 0 Å². The van der Waals surface area contributed by atoms with Gasteiger partial charge in [0.15, 0.2) is 0 Å². The van der Waals surface area contributed by atoms with E-state index in [1.54, 1.807) is 0 Å². The van der Waals surface area contributed by atoms with E-state index in [2.05, 4.69) is 158 Å². The maximum absolute atomic E-state index is 7.13. The molecule has 0 aliphatic rings. The Hall–Kier alpha value is -6.44. The predicted molar refractivity (Wildman–Crippen MR) is 210 cm³/mol. The van der Waals surface area contributed by atoms with Crippen LogP contribution in [0.4, 0.5) is 0 Å². The fourth-order valence-electron chi connectivity index (χ4n) is 8.98. The quantitative estimate of drug-likeness (QED) is 0.176. The van der Waals surface area contributed by atoms with Gasteiger partial charge in [-0.05, 0) is 98.8 Å². The Morgan fingerprint density at radius 1 is 0.224 bits per heavy atom. The summed E-state index contributed by atoms with van der Waals surface area (Å²) in [6.07, 6.45) is 0. The maximum Gasteiger partial charge on any atom is 0.143 e. The van der Waals surface area contributed by atoms with Crippen molar-refractivity contribution in [1.82, 2.24) is 0 Å². The molecule has 1 nitrogen and oxygen atoms in total. The van der Waals surface area contributed by atoms with Crippen LogP contribution < -0.4 is 0 Å². The third kappa shape index (κ3) is 3.29. The van der Waals surface area contributed by atoms with Crippen LogP contribution in [0.3, 0.4) is 0 Å². The van der Waals surface area contributed by atoms with E-state index in [4.69, 9.17) is 4.42 Å². The van der Waals surface area contributed by atoms with Crippen molar-refractivity contribution >= 4 is 97.3 Å². The Morgan fingerprint density at radius 2 is 0.653 bits per heavy atom. The van der Waals surface area contributed by atoms with Gasteiger partial charge in [0.1, 0.15) is 11.2 Å². The van der Waals surface area contributed by atoms with Crippen LogP contribution in [0.25, 0.3) is 120 Å². The third-order valence-corrected chi connectivity index (χ3v) is 11.1. The molecule has 1 heterocycles. The molecular formula is C48H26O. The lowest BCUT2D eigenvalue weighted by molar-refractivity contribution is 0.674. The van der Waals surface area contributed by atoms with E-state index in [0.29, 0.717) is 0 Å².